The number of pyridine rings is 1. The van der Waals surface area contributed by atoms with Gasteiger partial charge < -0.3 is 10.1 Å². The van der Waals surface area contributed by atoms with Gasteiger partial charge >= 0.3 is 0 Å². The summed E-state index contributed by atoms with van der Waals surface area (Å²) in [6.07, 6.45) is 3.78. The molecule has 0 saturated heterocycles. The van der Waals surface area contributed by atoms with Crippen molar-refractivity contribution in [2.24, 2.45) is 5.73 Å². The summed E-state index contributed by atoms with van der Waals surface area (Å²) < 4.78 is 15.2. The third-order valence-corrected chi connectivity index (χ3v) is 3.68. The Balaban J connectivity index is 2.20. The minimum atomic E-state index is -0.234. The summed E-state index contributed by atoms with van der Waals surface area (Å²) in [7, 11) is 0. The highest BCUT2D eigenvalue weighted by Crippen LogP contribution is 2.26. The number of nitrogens with zero attached hydrogens (tertiary/aromatic N) is 2. The first-order valence-corrected chi connectivity index (χ1v) is 7.13. The van der Waals surface area contributed by atoms with Gasteiger partial charge in [-0.25, -0.2) is 9.37 Å². The molecule has 0 fully saturated rings. The van der Waals surface area contributed by atoms with E-state index in [1.54, 1.807) is 12.1 Å². The number of halogens is 1. The Morgan fingerprint density at radius 1 is 1.19 bits per heavy atom. The zero-order chi connectivity index (χ0) is 14.8. The highest BCUT2D eigenvalue weighted by Gasteiger charge is 2.14. The number of hydrogen-bond acceptors (Lipinski definition) is 2. The molecule has 2 heterocycles. The van der Waals surface area contributed by atoms with Gasteiger partial charge in [-0.3, -0.25) is 0 Å². The van der Waals surface area contributed by atoms with Crippen molar-refractivity contribution >= 4 is 5.65 Å². The van der Waals surface area contributed by atoms with Crippen molar-refractivity contribution in [3.63, 3.8) is 0 Å². The molecule has 0 saturated carbocycles. The van der Waals surface area contributed by atoms with Crippen molar-refractivity contribution in [1.82, 2.24) is 9.38 Å². The molecule has 0 atom stereocenters. The summed E-state index contributed by atoms with van der Waals surface area (Å²) in [6.45, 7) is 2.69. The van der Waals surface area contributed by atoms with Crippen LogP contribution in [0.25, 0.3) is 16.9 Å². The summed E-state index contributed by atoms with van der Waals surface area (Å²) in [6, 6.07) is 10.6. The highest BCUT2D eigenvalue weighted by molar-refractivity contribution is 5.68. The zero-order valence-electron chi connectivity index (χ0n) is 12.0. The van der Waals surface area contributed by atoms with E-state index in [-0.39, 0.29) is 5.82 Å². The molecular weight excluding hydrogens is 265 g/mol. The minimum Gasteiger partial charge on any atom is -0.330 e. The molecule has 0 aliphatic carbocycles. The van der Waals surface area contributed by atoms with E-state index in [9.17, 15) is 4.39 Å². The quantitative estimate of drug-likeness (QED) is 0.798. The van der Waals surface area contributed by atoms with Gasteiger partial charge in [0.15, 0.2) is 0 Å². The zero-order valence-corrected chi connectivity index (χ0v) is 12.0. The lowest BCUT2D eigenvalue weighted by Crippen LogP contribution is -2.03. The average molecular weight is 283 g/mol. The summed E-state index contributed by atoms with van der Waals surface area (Å²) in [5.74, 6) is -0.234. The van der Waals surface area contributed by atoms with E-state index in [2.05, 4.69) is 4.40 Å². The molecule has 0 aliphatic heterocycles. The van der Waals surface area contributed by atoms with Crippen LogP contribution < -0.4 is 5.73 Å². The Morgan fingerprint density at radius 3 is 2.67 bits per heavy atom. The maximum Gasteiger partial charge on any atom is 0.140 e. The van der Waals surface area contributed by atoms with Gasteiger partial charge in [0, 0.05) is 11.8 Å². The van der Waals surface area contributed by atoms with Crippen LogP contribution in [0.5, 0.6) is 0 Å². The van der Waals surface area contributed by atoms with Gasteiger partial charge in [-0.2, -0.15) is 0 Å². The maximum absolute atomic E-state index is 13.1. The van der Waals surface area contributed by atoms with Gasteiger partial charge in [0.05, 0.1) is 11.4 Å². The van der Waals surface area contributed by atoms with Crippen LogP contribution in [0, 0.1) is 12.7 Å². The van der Waals surface area contributed by atoms with E-state index in [0.717, 1.165) is 41.0 Å². The van der Waals surface area contributed by atoms with Crippen molar-refractivity contribution in [1.29, 1.82) is 0 Å². The molecule has 0 bridgehead atoms. The predicted molar refractivity (Wildman–Crippen MR) is 82.7 cm³/mol. The van der Waals surface area contributed by atoms with Crippen LogP contribution in [-0.4, -0.2) is 15.9 Å². The van der Waals surface area contributed by atoms with Crippen molar-refractivity contribution in [3.05, 3.63) is 59.7 Å². The maximum atomic E-state index is 13.1. The van der Waals surface area contributed by atoms with Gasteiger partial charge in [-0.1, -0.05) is 6.07 Å². The van der Waals surface area contributed by atoms with E-state index in [1.165, 1.54) is 12.1 Å². The first-order valence-electron chi connectivity index (χ1n) is 7.13. The predicted octanol–water partition coefficient (Wildman–Crippen LogP) is 3.34. The molecule has 0 spiro atoms. The number of aryl methyl sites for hydroxylation is 2. The fourth-order valence-corrected chi connectivity index (χ4v) is 2.60. The molecule has 1 aromatic carbocycles. The van der Waals surface area contributed by atoms with E-state index < -0.39 is 0 Å². The lowest BCUT2D eigenvalue weighted by atomic mass is 10.1. The highest BCUT2D eigenvalue weighted by atomic mass is 19.1. The molecule has 3 aromatic rings. The van der Waals surface area contributed by atoms with E-state index in [0.29, 0.717) is 6.54 Å². The second kappa shape index (κ2) is 5.66. The third kappa shape index (κ3) is 2.54. The third-order valence-electron chi connectivity index (χ3n) is 3.68. The smallest absolute Gasteiger partial charge is 0.140 e. The Bertz CT molecular complexity index is 760. The Morgan fingerprint density at radius 2 is 1.95 bits per heavy atom. The van der Waals surface area contributed by atoms with E-state index >= 15 is 0 Å². The topological polar surface area (TPSA) is 43.3 Å². The minimum absolute atomic E-state index is 0.234. The first kappa shape index (κ1) is 13.8. The molecule has 3 rings (SSSR count). The van der Waals surface area contributed by atoms with Crippen molar-refractivity contribution < 1.29 is 4.39 Å². The molecule has 3 nitrogen and oxygen atoms in total. The monoisotopic (exact) mass is 283 g/mol. The molecule has 2 aromatic heterocycles. The van der Waals surface area contributed by atoms with Crippen molar-refractivity contribution in [2.45, 2.75) is 19.8 Å². The van der Waals surface area contributed by atoms with Gasteiger partial charge in [0.2, 0.25) is 0 Å². The van der Waals surface area contributed by atoms with Crippen LogP contribution >= 0.6 is 0 Å². The largest absolute Gasteiger partial charge is 0.330 e. The first-order chi connectivity index (χ1) is 10.2. The molecule has 2 N–H and O–H groups in total. The second-order valence-corrected chi connectivity index (χ2v) is 5.19. The normalized spacial score (nSPS) is 11.2. The second-order valence-electron chi connectivity index (χ2n) is 5.19. The van der Waals surface area contributed by atoms with Crippen LogP contribution in [0.4, 0.5) is 4.39 Å². The number of aromatic nitrogens is 2. The van der Waals surface area contributed by atoms with Crippen LogP contribution in [-0.2, 0) is 6.42 Å². The van der Waals surface area contributed by atoms with Gasteiger partial charge in [0.1, 0.15) is 11.5 Å². The Labute approximate surface area is 123 Å². The van der Waals surface area contributed by atoms with Crippen LogP contribution in [0.2, 0.25) is 0 Å². The number of nitrogens with two attached hydrogens (primary N) is 1. The molecular formula is C17H18FN3. The fourth-order valence-electron chi connectivity index (χ4n) is 2.60. The molecule has 108 valence electrons. The Kier molecular flexibility index (Phi) is 3.71. The summed E-state index contributed by atoms with van der Waals surface area (Å²) in [5.41, 5.74) is 10.7. The van der Waals surface area contributed by atoms with Crippen LogP contribution in [0.3, 0.4) is 0 Å². The van der Waals surface area contributed by atoms with Crippen LogP contribution in [0.15, 0.2) is 42.6 Å². The average Bonchev–Trinajstić information content (AvgIpc) is 2.86. The number of rotatable bonds is 4. The van der Waals surface area contributed by atoms with Gasteiger partial charge in [0.25, 0.3) is 0 Å². The van der Waals surface area contributed by atoms with Crippen molar-refractivity contribution in [3.8, 4) is 11.3 Å². The summed E-state index contributed by atoms with van der Waals surface area (Å²) >= 11 is 0. The fraction of sp³-hybridized carbons (Fsp3) is 0.235. The summed E-state index contributed by atoms with van der Waals surface area (Å²) in [4.78, 5) is 4.76. The molecule has 0 radical (unpaired) electrons. The molecule has 0 amide bonds. The molecule has 4 heteroatoms. The lowest BCUT2D eigenvalue weighted by molar-refractivity contribution is 0.628. The Hall–Kier alpha value is -2.20. The SMILES string of the molecule is Cc1cccn2c(CCCN)c(-c3ccc(F)cc3)nc12. The van der Waals surface area contributed by atoms with E-state index in [4.69, 9.17) is 10.7 Å². The molecule has 0 unspecified atom stereocenters. The van der Waals surface area contributed by atoms with Gasteiger partial charge in [-0.05, 0) is 62.2 Å². The number of imidazole rings is 1. The summed E-state index contributed by atoms with van der Waals surface area (Å²) in [5, 5.41) is 0. The number of fused-ring (bicyclic) bond motifs is 1. The lowest BCUT2D eigenvalue weighted by Gasteiger charge is -2.05. The van der Waals surface area contributed by atoms with Crippen molar-refractivity contribution in [2.75, 3.05) is 6.54 Å². The van der Waals surface area contributed by atoms with E-state index in [1.807, 2.05) is 25.3 Å². The van der Waals surface area contributed by atoms with Crippen LogP contribution in [0.1, 0.15) is 17.7 Å². The number of hydrogen-bond donors (Lipinski definition) is 1. The standard InChI is InChI=1S/C17H18FN3/c1-12-4-3-11-21-15(5-2-10-19)16(20-17(12)21)13-6-8-14(18)9-7-13/h3-4,6-9,11H,2,5,10,19H2,1H3. The molecule has 21 heavy (non-hydrogen) atoms. The number of benzene rings is 1. The van der Waals surface area contributed by atoms with Gasteiger partial charge in [-0.15, -0.1) is 0 Å². The molecule has 0 aliphatic rings.